The van der Waals surface area contributed by atoms with E-state index in [0.29, 0.717) is 11.5 Å². The topological polar surface area (TPSA) is 58.1 Å². The summed E-state index contributed by atoms with van der Waals surface area (Å²) in [5.74, 6) is 1.14. The minimum Gasteiger partial charge on any atom is -0.348 e. The Morgan fingerprint density at radius 1 is 1.04 bits per heavy atom. The van der Waals surface area contributed by atoms with Crippen molar-refractivity contribution in [2.75, 3.05) is 11.4 Å². The van der Waals surface area contributed by atoms with Crippen LogP contribution in [0.15, 0.2) is 66.7 Å². The molecule has 136 valence electrons. The van der Waals surface area contributed by atoms with E-state index in [1.54, 1.807) is 6.07 Å². The standard InChI is InChI=1S/C22H22N4O/c1-2-26(18-11-7-4-8-12-18)20-15-19(22(27)23-17-13-14-17)24-21(25-20)16-9-5-3-6-10-16/h3-12,15,17H,2,13-14H2,1H3,(H,23,27). The van der Waals surface area contributed by atoms with Crippen molar-refractivity contribution in [1.82, 2.24) is 15.3 Å². The number of anilines is 2. The molecule has 1 heterocycles. The zero-order valence-electron chi connectivity index (χ0n) is 15.3. The van der Waals surface area contributed by atoms with Crippen LogP contribution in [0.25, 0.3) is 11.4 Å². The average Bonchev–Trinajstić information content (AvgIpc) is 3.54. The number of rotatable bonds is 6. The molecule has 1 aromatic heterocycles. The molecule has 3 aromatic rings. The lowest BCUT2D eigenvalue weighted by Gasteiger charge is -2.23. The van der Waals surface area contributed by atoms with Crippen LogP contribution in [0, 0.1) is 0 Å². The first-order chi connectivity index (χ1) is 13.2. The van der Waals surface area contributed by atoms with E-state index < -0.39 is 0 Å². The second-order valence-electron chi connectivity index (χ2n) is 6.63. The molecule has 0 atom stereocenters. The fraction of sp³-hybridized carbons (Fsp3) is 0.227. The quantitative estimate of drug-likeness (QED) is 0.718. The molecule has 0 saturated heterocycles. The SMILES string of the molecule is CCN(c1ccccc1)c1cc(C(=O)NC2CC2)nc(-c2ccccc2)n1. The lowest BCUT2D eigenvalue weighted by atomic mass is 10.2. The van der Waals surface area contributed by atoms with Gasteiger partial charge in [0, 0.05) is 29.9 Å². The number of para-hydroxylation sites is 1. The second kappa shape index (κ2) is 7.58. The van der Waals surface area contributed by atoms with Crippen LogP contribution in [-0.4, -0.2) is 28.5 Å². The number of hydrogen-bond acceptors (Lipinski definition) is 4. The van der Waals surface area contributed by atoms with Crippen LogP contribution < -0.4 is 10.2 Å². The van der Waals surface area contributed by atoms with Crippen molar-refractivity contribution < 1.29 is 4.79 Å². The molecule has 5 heteroatoms. The Kier molecular flexibility index (Phi) is 4.83. The molecule has 0 spiro atoms. The molecule has 1 aliphatic carbocycles. The predicted octanol–water partition coefficient (Wildman–Crippen LogP) is 4.19. The van der Waals surface area contributed by atoms with E-state index in [4.69, 9.17) is 4.98 Å². The van der Waals surface area contributed by atoms with Crippen LogP contribution in [0.1, 0.15) is 30.3 Å². The number of hydrogen-bond donors (Lipinski definition) is 1. The first-order valence-electron chi connectivity index (χ1n) is 9.32. The summed E-state index contributed by atoms with van der Waals surface area (Å²) >= 11 is 0. The number of carbonyl (C=O) groups excluding carboxylic acids is 1. The summed E-state index contributed by atoms with van der Waals surface area (Å²) in [6, 6.07) is 21.9. The van der Waals surface area contributed by atoms with Crippen molar-refractivity contribution in [2.45, 2.75) is 25.8 Å². The molecule has 0 aliphatic heterocycles. The summed E-state index contributed by atoms with van der Waals surface area (Å²) in [4.78, 5) is 24.1. The van der Waals surface area contributed by atoms with Gasteiger partial charge < -0.3 is 10.2 Å². The maximum Gasteiger partial charge on any atom is 0.270 e. The van der Waals surface area contributed by atoms with E-state index in [1.165, 1.54) is 0 Å². The van der Waals surface area contributed by atoms with Gasteiger partial charge in [-0.2, -0.15) is 0 Å². The molecule has 0 radical (unpaired) electrons. The van der Waals surface area contributed by atoms with Gasteiger partial charge in [-0.25, -0.2) is 9.97 Å². The fourth-order valence-electron chi connectivity index (χ4n) is 2.98. The minimum absolute atomic E-state index is 0.137. The monoisotopic (exact) mass is 358 g/mol. The molecule has 1 fully saturated rings. The third-order valence-corrected chi connectivity index (χ3v) is 4.55. The average molecular weight is 358 g/mol. The predicted molar refractivity (Wildman–Crippen MR) is 107 cm³/mol. The first-order valence-corrected chi connectivity index (χ1v) is 9.32. The Morgan fingerprint density at radius 2 is 1.70 bits per heavy atom. The van der Waals surface area contributed by atoms with Gasteiger partial charge in [0.1, 0.15) is 11.5 Å². The summed E-state index contributed by atoms with van der Waals surface area (Å²) in [5.41, 5.74) is 2.33. The van der Waals surface area contributed by atoms with Crippen molar-refractivity contribution in [1.29, 1.82) is 0 Å². The molecule has 1 aliphatic rings. The summed E-state index contributed by atoms with van der Waals surface area (Å²) in [7, 11) is 0. The Hall–Kier alpha value is -3.21. The van der Waals surface area contributed by atoms with E-state index in [-0.39, 0.29) is 11.9 Å². The van der Waals surface area contributed by atoms with Crippen LogP contribution in [0.5, 0.6) is 0 Å². The summed E-state index contributed by atoms with van der Waals surface area (Å²) < 4.78 is 0. The van der Waals surface area contributed by atoms with Crippen LogP contribution in [0.3, 0.4) is 0 Å². The highest BCUT2D eigenvalue weighted by atomic mass is 16.2. The van der Waals surface area contributed by atoms with Gasteiger partial charge in [0.25, 0.3) is 5.91 Å². The molecular formula is C22H22N4O. The summed E-state index contributed by atoms with van der Waals surface area (Å²) in [5, 5.41) is 3.03. The summed E-state index contributed by atoms with van der Waals surface area (Å²) in [6.07, 6.45) is 2.08. The number of amides is 1. The molecular weight excluding hydrogens is 336 g/mol. The minimum atomic E-state index is -0.137. The number of benzene rings is 2. The highest BCUT2D eigenvalue weighted by Crippen LogP contribution is 2.27. The van der Waals surface area contributed by atoms with Gasteiger partial charge in [-0.15, -0.1) is 0 Å². The Bertz CT molecular complexity index is 924. The Labute approximate surface area is 159 Å². The number of nitrogens with one attached hydrogen (secondary N) is 1. The van der Waals surface area contributed by atoms with Gasteiger partial charge in [-0.1, -0.05) is 48.5 Å². The molecule has 5 nitrogen and oxygen atoms in total. The van der Waals surface area contributed by atoms with E-state index in [9.17, 15) is 4.79 Å². The molecule has 1 N–H and O–H groups in total. The van der Waals surface area contributed by atoms with E-state index in [0.717, 1.165) is 36.5 Å². The lowest BCUT2D eigenvalue weighted by Crippen LogP contribution is -2.27. The van der Waals surface area contributed by atoms with Crippen molar-refractivity contribution in [3.63, 3.8) is 0 Å². The van der Waals surface area contributed by atoms with Crippen LogP contribution >= 0.6 is 0 Å². The normalized spacial score (nSPS) is 13.2. The third-order valence-electron chi connectivity index (χ3n) is 4.55. The van der Waals surface area contributed by atoms with E-state index >= 15 is 0 Å². The van der Waals surface area contributed by atoms with Crippen molar-refractivity contribution >= 4 is 17.4 Å². The molecule has 4 rings (SSSR count). The number of aromatic nitrogens is 2. The van der Waals surface area contributed by atoms with Crippen molar-refractivity contribution in [3.8, 4) is 11.4 Å². The smallest absolute Gasteiger partial charge is 0.270 e. The van der Waals surface area contributed by atoms with E-state index in [1.807, 2.05) is 60.7 Å². The fourth-order valence-corrected chi connectivity index (χ4v) is 2.98. The van der Waals surface area contributed by atoms with Crippen molar-refractivity contribution in [3.05, 3.63) is 72.4 Å². The van der Waals surface area contributed by atoms with E-state index in [2.05, 4.69) is 22.1 Å². The van der Waals surface area contributed by atoms with Gasteiger partial charge in [-0.3, -0.25) is 4.79 Å². The zero-order chi connectivity index (χ0) is 18.6. The number of nitrogens with zero attached hydrogens (tertiary/aromatic N) is 3. The zero-order valence-corrected chi connectivity index (χ0v) is 15.3. The van der Waals surface area contributed by atoms with Gasteiger partial charge >= 0.3 is 0 Å². The molecule has 0 unspecified atom stereocenters. The Balaban J connectivity index is 1.78. The molecule has 27 heavy (non-hydrogen) atoms. The number of carbonyl (C=O) groups is 1. The highest BCUT2D eigenvalue weighted by molar-refractivity contribution is 5.94. The lowest BCUT2D eigenvalue weighted by molar-refractivity contribution is 0.0946. The van der Waals surface area contributed by atoms with Gasteiger partial charge in [-0.05, 0) is 31.9 Å². The van der Waals surface area contributed by atoms with Gasteiger partial charge in [0.05, 0.1) is 0 Å². The van der Waals surface area contributed by atoms with Gasteiger partial charge in [0.2, 0.25) is 0 Å². The summed E-state index contributed by atoms with van der Waals surface area (Å²) in [6.45, 7) is 2.81. The molecule has 0 bridgehead atoms. The van der Waals surface area contributed by atoms with Crippen LogP contribution in [-0.2, 0) is 0 Å². The maximum atomic E-state index is 12.7. The highest BCUT2D eigenvalue weighted by Gasteiger charge is 2.25. The Morgan fingerprint density at radius 3 is 2.33 bits per heavy atom. The molecule has 1 saturated carbocycles. The van der Waals surface area contributed by atoms with Crippen molar-refractivity contribution in [2.24, 2.45) is 0 Å². The molecule has 1 amide bonds. The maximum absolute atomic E-state index is 12.7. The van der Waals surface area contributed by atoms with Crippen LogP contribution in [0.4, 0.5) is 11.5 Å². The first kappa shape index (κ1) is 17.2. The van der Waals surface area contributed by atoms with Crippen LogP contribution in [0.2, 0.25) is 0 Å². The largest absolute Gasteiger partial charge is 0.348 e. The third kappa shape index (κ3) is 3.97. The molecule has 2 aromatic carbocycles. The second-order valence-corrected chi connectivity index (χ2v) is 6.63. The van der Waals surface area contributed by atoms with Gasteiger partial charge in [0.15, 0.2) is 5.82 Å².